The average Bonchev–Trinajstić information content (AvgIpc) is 3.17. The SMILES string of the molecule is CCOC(=O)c1ccc(N=C2S/C(=C\c3cc(Br)c(OCc4ccccc4F)c(OCC)c3)C(=O)N2C)cc1. The summed E-state index contributed by atoms with van der Waals surface area (Å²) in [7, 11) is 1.66. The summed E-state index contributed by atoms with van der Waals surface area (Å²) >= 11 is 4.77. The highest BCUT2D eigenvalue weighted by Crippen LogP contribution is 2.40. The molecule has 4 rings (SSSR count). The first-order valence-corrected chi connectivity index (χ1v) is 13.8. The number of hydrogen-bond donors (Lipinski definition) is 0. The molecule has 1 fully saturated rings. The van der Waals surface area contributed by atoms with Crippen molar-refractivity contribution in [3.05, 3.63) is 92.5 Å². The van der Waals surface area contributed by atoms with Gasteiger partial charge in [0.2, 0.25) is 0 Å². The van der Waals surface area contributed by atoms with Crippen LogP contribution in [-0.2, 0) is 16.1 Å². The lowest BCUT2D eigenvalue weighted by atomic mass is 10.1. The summed E-state index contributed by atoms with van der Waals surface area (Å²) in [6.45, 7) is 4.33. The highest BCUT2D eigenvalue weighted by Gasteiger charge is 2.30. The molecule has 3 aromatic carbocycles. The van der Waals surface area contributed by atoms with Crippen LogP contribution in [0.1, 0.15) is 35.3 Å². The molecular formula is C29H26BrFN2O5S. The van der Waals surface area contributed by atoms with Gasteiger partial charge in [-0.3, -0.25) is 9.69 Å². The fourth-order valence-corrected chi connectivity index (χ4v) is 5.20. The standard InChI is InChI=1S/C29H26BrFN2O5S/c1-4-36-24-15-18(14-22(30)26(24)38-17-20-8-6-7-9-23(20)31)16-25-27(34)33(3)29(39-25)32-21-12-10-19(11-13-21)28(35)37-5-2/h6-16H,4-5,17H2,1-3H3/b25-16-,32-29?. The number of halogens is 2. The fraction of sp³-hybridized carbons (Fsp3) is 0.207. The third-order valence-electron chi connectivity index (χ3n) is 5.57. The fourth-order valence-electron chi connectivity index (χ4n) is 3.64. The highest BCUT2D eigenvalue weighted by atomic mass is 79.9. The first-order chi connectivity index (χ1) is 18.8. The van der Waals surface area contributed by atoms with Crippen LogP contribution in [0.15, 0.2) is 75.0 Å². The Labute approximate surface area is 238 Å². The number of rotatable bonds is 9. The zero-order valence-electron chi connectivity index (χ0n) is 21.6. The van der Waals surface area contributed by atoms with E-state index in [1.165, 1.54) is 22.7 Å². The Balaban J connectivity index is 1.55. The number of amidine groups is 1. The normalized spacial score (nSPS) is 15.2. The minimum atomic E-state index is -0.398. The molecule has 1 amide bonds. The van der Waals surface area contributed by atoms with Gasteiger partial charge in [0.1, 0.15) is 12.4 Å². The lowest BCUT2D eigenvalue weighted by Crippen LogP contribution is -2.23. The molecule has 0 atom stereocenters. The van der Waals surface area contributed by atoms with Crippen LogP contribution in [0.5, 0.6) is 11.5 Å². The summed E-state index contributed by atoms with van der Waals surface area (Å²) in [5, 5.41) is 0.504. The molecule has 1 heterocycles. The zero-order chi connectivity index (χ0) is 27.9. The van der Waals surface area contributed by atoms with Crippen LogP contribution in [0.2, 0.25) is 0 Å². The third kappa shape index (κ3) is 6.88. The van der Waals surface area contributed by atoms with Gasteiger partial charge in [-0.1, -0.05) is 18.2 Å². The third-order valence-corrected chi connectivity index (χ3v) is 7.22. The molecule has 3 aromatic rings. The molecule has 0 radical (unpaired) electrons. The van der Waals surface area contributed by atoms with Crippen LogP contribution < -0.4 is 9.47 Å². The van der Waals surface area contributed by atoms with E-state index in [1.807, 2.05) is 13.0 Å². The lowest BCUT2D eigenvalue weighted by Gasteiger charge is -2.15. The first kappa shape index (κ1) is 28.4. The summed E-state index contributed by atoms with van der Waals surface area (Å²) in [5.74, 6) is -0.0319. The smallest absolute Gasteiger partial charge is 0.338 e. The topological polar surface area (TPSA) is 77.4 Å². The van der Waals surface area contributed by atoms with E-state index >= 15 is 0 Å². The van der Waals surface area contributed by atoms with Crippen molar-refractivity contribution in [2.75, 3.05) is 20.3 Å². The highest BCUT2D eigenvalue weighted by molar-refractivity contribution is 9.10. The van der Waals surface area contributed by atoms with Gasteiger partial charge in [0.15, 0.2) is 16.7 Å². The van der Waals surface area contributed by atoms with Crippen molar-refractivity contribution in [2.45, 2.75) is 20.5 Å². The summed E-state index contributed by atoms with van der Waals surface area (Å²) in [5.41, 5.74) is 2.18. The molecule has 39 heavy (non-hydrogen) atoms. The Bertz CT molecular complexity index is 1440. The molecular weight excluding hydrogens is 587 g/mol. The molecule has 0 spiro atoms. The number of carbonyl (C=O) groups excluding carboxylic acids is 2. The van der Waals surface area contributed by atoms with Crippen molar-refractivity contribution in [3.63, 3.8) is 0 Å². The van der Waals surface area contributed by atoms with Crippen molar-refractivity contribution < 1.29 is 28.2 Å². The quantitative estimate of drug-likeness (QED) is 0.192. The number of ether oxygens (including phenoxy) is 3. The van der Waals surface area contributed by atoms with Gasteiger partial charge in [0, 0.05) is 12.6 Å². The van der Waals surface area contributed by atoms with Crippen molar-refractivity contribution in [2.24, 2.45) is 4.99 Å². The van der Waals surface area contributed by atoms with Crippen LogP contribution in [0.25, 0.3) is 6.08 Å². The van der Waals surface area contributed by atoms with Crippen LogP contribution >= 0.6 is 27.7 Å². The molecule has 1 aliphatic rings. The number of hydrogen-bond acceptors (Lipinski definition) is 7. The summed E-state index contributed by atoms with van der Waals surface area (Å²) in [6.07, 6.45) is 1.75. The van der Waals surface area contributed by atoms with Gasteiger partial charge < -0.3 is 14.2 Å². The van der Waals surface area contributed by atoms with E-state index in [4.69, 9.17) is 14.2 Å². The molecule has 0 unspecified atom stereocenters. The Morgan fingerprint density at radius 3 is 2.51 bits per heavy atom. The number of likely N-dealkylation sites (N-methyl/N-ethyl adjacent to an activating group) is 1. The summed E-state index contributed by atoms with van der Waals surface area (Å²) < 4.78 is 31.4. The van der Waals surface area contributed by atoms with Crippen LogP contribution in [-0.4, -0.2) is 42.2 Å². The van der Waals surface area contributed by atoms with Gasteiger partial charge in [0.25, 0.3) is 5.91 Å². The predicted molar refractivity (Wildman–Crippen MR) is 154 cm³/mol. The molecule has 1 saturated heterocycles. The Morgan fingerprint density at radius 1 is 1.08 bits per heavy atom. The summed E-state index contributed by atoms with van der Waals surface area (Å²) in [4.78, 5) is 31.4. The van der Waals surface area contributed by atoms with Crippen molar-refractivity contribution in [1.29, 1.82) is 0 Å². The molecule has 0 aliphatic carbocycles. The molecule has 202 valence electrons. The minimum absolute atomic E-state index is 0.0332. The molecule has 0 bridgehead atoms. The van der Waals surface area contributed by atoms with Crippen LogP contribution in [0.3, 0.4) is 0 Å². The van der Waals surface area contributed by atoms with Crippen LogP contribution in [0, 0.1) is 5.82 Å². The molecule has 10 heteroatoms. The molecule has 0 saturated carbocycles. The van der Waals surface area contributed by atoms with Crippen molar-refractivity contribution in [1.82, 2.24) is 4.90 Å². The Morgan fingerprint density at radius 2 is 1.82 bits per heavy atom. The zero-order valence-corrected chi connectivity index (χ0v) is 24.0. The molecule has 1 aliphatic heterocycles. The lowest BCUT2D eigenvalue weighted by molar-refractivity contribution is -0.121. The second kappa shape index (κ2) is 12.9. The van der Waals surface area contributed by atoms with Gasteiger partial charge >= 0.3 is 5.97 Å². The van der Waals surface area contributed by atoms with Crippen molar-refractivity contribution >= 4 is 56.5 Å². The van der Waals surface area contributed by atoms with E-state index in [0.29, 0.717) is 61.6 Å². The number of esters is 1. The van der Waals surface area contributed by atoms with E-state index in [9.17, 15) is 14.0 Å². The van der Waals surface area contributed by atoms with Crippen LogP contribution in [0.4, 0.5) is 10.1 Å². The maximum Gasteiger partial charge on any atom is 0.338 e. The van der Waals surface area contributed by atoms with E-state index < -0.39 is 5.97 Å². The minimum Gasteiger partial charge on any atom is -0.490 e. The van der Waals surface area contributed by atoms with E-state index in [1.54, 1.807) is 68.6 Å². The number of thioether (sulfide) groups is 1. The Hall–Kier alpha value is -3.63. The van der Waals surface area contributed by atoms with Gasteiger partial charge in [-0.15, -0.1) is 0 Å². The molecule has 0 N–H and O–H groups in total. The maximum atomic E-state index is 14.1. The second-order valence-electron chi connectivity index (χ2n) is 8.28. The Kier molecular flexibility index (Phi) is 9.42. The van der Waals surface area contributed by atoms with Gasteiger partial charge in [-0.25, -0.2) is 14.2 Å². The monoisotopic (exact) mass is 612 g/mol. The van der Waals surface area contributed by atoms with Crippen molar-refractivity contribution in [3.8, 4) is 11.5 Å². The second-order valence-corrected chi connectivity index (χ2v) is 10.1. The van der Waals surface area contributed by atoms with E-state index in [2.05, 4.69) is 20.9 Å². The summed E-state index contributed by atoms with van der Waals surface area (Å²) in [6, 6.07) is 16.7. The number of nitrogens with zero attached hydrogens (tertiary/aromatic N) is 2. The molecule has 0 aromatic heterocycles. The number of amides is 1. The predicted octanol–water partition coefficient (Wildman–Crippen LogP) is 6.98. The number of benzene rings is 3. The van der Waals surface area contributed by atoms with Gasteiger partial charge in [-0.05, 0) is 95.6 Å². The maximum absolute atomic E-state index is 14.1. The first-order valence-electron chi connectivity index (χ1n) is 12.2. The van der Waals surface area contributed by atoms with Gasteiger partial charge in [-0.2, -0.15) is 0 Å². The average molecular weight is 614 g/mol. The largest absolute Gasteiger partial charge is 0.490 e. The molecule has 7 nitrogen and oxygen atoms in total. The van der Waals surface area contributed by atoms with Gasteiger partial charge in [0.05, 0.1) is 33.8 Å². The number of carbonyl (C=O) groups is 2. The van der Waals surface area contributed by atoms with E-state index in [-0.39, 0.29) is 18.3 Å². The number of aliphatic imine (C=N–C) groups is 1. The van der Waals surface area contributed by atoms with E-state index in [0.717, 1.165) is 0 Å².